The van der Waals surface area contributed by atoms with Crippen molar-refractivity contribution in [3.8, 4) is 22.5 Å². The minimum Gasteiger partial charge on any atom is -0.245 e. The van der Waals surface area contributed by atoms with Crippen LogP contribution in [-0.2, 0) is 5.41 Å². The van der Waals surface area contributed by atoms with Crippen LogP contribution in [0.2, 0.25) is 0 Å². The topological polar surface area (TPSA) is 50.5 Å². The Kier molecular flexibility index (Phi) is 10.0. The van der Waals surface area contributed by atoms with Crippen molar-refractivity contribution >= 4 is 44.1 Å². The standard InChI is InChI=1S/C52H44N4/c1-6-16-37(7-2)51(53-35(3)38-17-10-8-11-18-38)54-36(4)39-31-33-52(5,34-32-39)46-28-27-45(43-21-14-15-22-44(43)46)48-30-26-42-24-23-41-25-29-47(40-19-12-9-13-20-40)55-49(41)50(42)56-48/h6-33H,4,34H2,1-3,5H3/b16-6-,37-7+,53-35+,54-51-. The number of aromatic nitrogens is 2. The van der Waals surface area contributed by atoms with Crippen LogP contribution < -0.4 is 0 Å². The summed E-state index contributed by atoms with van der Waals surface area (Å²) in [7, 11) is 0. The van der Waals surface area contributed by atoms with Gasteiger partial charge in [0.1, 0.15) is 0 Å². The molecule has 4 heteroatoms. The van der Waals surface area contributed by atoms with E-state index in [-0.39, 0.29) is 5.41 Å². The summed E-state index contributed by atoms with van der Waals surface area (Å²) in [5.74, 6) is 0.642. The molecule has 272 valence electrons. The molecule has 56 heavy (non-hydrogen) atoms. The molecular weight excluding hydrogens is 681 g/mol. The number of hydrogen-bond donors (Lipinski definition) is 0. The van der Waals surface area contributed by atoms with Crippen LogP contribution in [-0.4, -0.2) is 21.5 Å². The van der Waals surface area contributed by atoms with Crippen LogP contribution in [0.25, 0.3) is 55.1 Å². The summed E-state index contributed by atoms with van der Waals surface area (Å²) < 4.78 is 0. The second kappa shape index (κ2) is 15.5. The SMILES string of the molecule is C=C(/N=C(\N=C(/C)c1ccccc1)C(/C=C\C)=C/C)C1=CCC(C)(c2ccc(-c3ccc4ccc5ccc(-c6ccccc6)nc5c4n3)c3ccccc23)C=C1. The van der Waals surface area contributed by atoms with Gasteiger partial charge in [0.25, 0.3) is 0 Å². The fourth-order valence-electron chi connectivity index (χ4n) is 7.58. The molecule has 0 radical (unpaired) electrons. The Labute approximate surface area is 329 Å². The Balaban J connectivity index is 1.13. The summed E-state index contributed by atoms with van der Waals surface area (Å²) in [6.07, 6.45) is 13.6. The van der Waals surface area contributed by atoms with Crippen molar-refractivity contribution in [2.45, 2.75) is 39.5 Å². The molecule has 4 nitrogen and oxygen atoms in total. The van der Waals surface area contributed by atoms with Gasteiger partial charge in [-0.1, -0.05) is 171 Å². The second-order valence-electron chi connectivity index (χ2n) is 14.5. The van der Waals surface area contributed by atoms with Gasteiger partial charge in [0.2, 0.25) is 0 Å². The zero-order chi connectivity index (χ0) is 38.6. The Morgan fingerprint density at radius 1 is 0.696 bits per heavy atom. The zero-order valence-electron chi connectivity index (χ0n) is 32.4. The van der Waals surface area contributed by atoms with Gasteiger partial charge in [0.15, 0.2) is 5.84 Å². The fraction of sp³-hybridized carbons (Fsp3) is 0.115. The van der Waals surface area contributed by atoms with Crippen molar-refractivity contribution in [1.82, 2.24) is 9.97 Å². The molecule has 1 aliphatic carbocycles. The molecule has 0 saturated carbocycles. The van der Waals surface area contributed by atoms with Crippen LogP contribution in [0.4, 0.5) is 0 Å². The maximum Gasteiger partial charge on any atom is 0.159 e. The van der Waals surface area contributed by atoms with E-state index < -0.39 is 0 Å². The molecule has 0 N–H and O–H groups in total. The predicted octanol–water partition coefficient (Wildman–Crippen LogP) is 13.4. The van der Waals surface area contributed by atoms with Gasteiger partial charge in [0.05, 0.1) is 28.1 Å². The molecule has 1 aliphatic rings. The van der Waals surface area contributed by atoms with E-state index in [4.69, 9.17) is 20.0 Å². The number of rotatable bonds is 8. The molecule has 0 saturated heterocycles. The first-order chi connectivity index (χ1) is 27.3. The highest BCUT2D eigenvalue weighted by Gasteiger charge is 2.28. The van der Waals surface area contributed by atoms with Crippen LogP contribution in [0.5, 0.6) is 0 Å². The third kappa shape index (κ3) is 7.10. The van der Waals surface area contributed by atoms with Gasteiger partial charge in [-0.05, 0) is 66.8 Å². The van der Waals surface area contributed by atoms with E-state index in [0.717, 1.165) is 73.2 Å². The minimum atomic E-state index is -0.235. The highest BCUT2D eigenvalue weighted by Crippen LogP contribution is 2.41. The molecule has 0 bridgehead atoms. The van der Waals surface area contributed by atoms with Crippen molar-refractivity contribution in [3.05, 3.63) is 204 Å². The van der Waals surface area contributed by atoms with Gasteiger partial charge in [-0.15, -0.1) is 0 Å². The number of benzene rings is 5. The van der Waals surface area contributed by atoms with Crippen LogP contribution in [0, 0.1) is 0 Å². The summed E-state index contributed by atoms with van der Waals surface area (Å²) in [6, 6.07) is 46.5. The first kappa shape index (κ1) is 36.2. The Morgan fingerprint density at radius 2 is 1.32 bits per heavy atom. The highest BCUT2D eigenvalue weighted by atomic mass is 14.9. The van der Waals surface area contributed by atoms with E-state index in [1.807, 2.05) is 75.4 Å². The summed E-state index contributed by atoms with van der Waals surface area (Å²) in [5.41, 5.74) is 11.5. The smallest absolute Gasteiger partial charge is 0.159 e. The quantitative estimate of drug-likeness (QED) is 0.0678. The third-order valence-electron chi connectivity index (χ3n) is 10.7. The molecule has 2 aromatic heterocycles. The average Bonchev–Trinajstić information content (AvgIpc) is 3.25. The first-order valence-electron chi connectivity index (χ1n) is 19.2. The van der Waals surface area contributed by atoms with Crippen molar-refractivity contribution in [2.24, 2.45) is 9.98 Å². The molecular formula is C52H44N4. The monoisotopic (exact) mass is 724 g/mol. The molecule has 5 aromatic carbocycles. The summed E-state index contributed by atoms with van der Waals surface area (Å²) >= 11 is 0. The molecule has 7 aromatic rings. The highest BCUT2D eigenvalue weighted by molar-refractivity contribution is 6.13. The molecule has 0 fully saturated rings. The first-order valence-corrected chi connectivity index (χ1v) is 19.2. The number of fused-ring (bicyclic) bond motifs is 4. The summed E-state index contributed by atoms with van der Waals surface area (Å²) in [5, 5.41) is 4.54. The molecule has 0 spiro atoms. The molecule has 2 heterocycles. The Hall–Kier alpha value is -6.78. The van der Waals surface area contributed by atoms with Gasteiger partial charge < -0.3 is 0 Å². The lowest BCUT2D eigenvalue weighted by molar-refractivity contribution is 0.602. The van der Waals surface area contributed by atoms with E-state index >= 15 is 0 Å². The maximum atomic E-state index is 5.31. The van der Waals surface area contributed by atoms with Crippen LogP contribution >= 0.6 is 0 Å². The molecule has 0 amide bonds. The number of allylic oxidation sites excluding steroid dienone is 5. The lowest BCUT2D eigenvalue weighted by Crippen LogP contribution is -2.21. The molecule has 1 unspecified atom stereocenters. The molecule has 1 atom stereocenters. The summed E-state index contributed by atoms with van der Waals surface area (Å²) in [4.78, 5) is 20.4. The maximum absolute atomic E-state index is 5.31. The van der Waals surface area contributed by atoms with Gasteiger partial charge in [-0.2, -0.15) is 0 Å². The largest absolute Gasteiger partial charge is 0.245 e. The fourth-order valence-corrected chi connectivity index (χ4v) is 7.58. The van der Waals surface area contributed by atoms with E-state index in [9.17, 15) is 0 Å². The number of nitrogens with zero attached hydrogens (tertiary/aromatic N) is 4. The van der Waals surface area contributed by atoms with Gasteiger partial charge >= 0.3 is 0 Å². The molecule has 0 aliphatic heterocycles. The van der Waals surface area contributed by atoms with Crippen molar-refractivity contribution in [2.75, 3.05) is 0 Å². The predicted molar refractivity (Wildman–Crippen MR) is 238 cm³/mol. The number of hydrogen-bond acceptors (Lipinski definition) is 3. The third-order valence-corrected chi connectivity index (χ3v) is 10.7. The number of amidine groups is 1. The summed E-state index contributed by atoms with van der Waals surface area (Å²) in [6.45, 7) is 12.8. The lowest BCUT2D eigenvalue weighted by Gasteiger charge is -2.30. The number of aliphatic imine (C=N–C) groups is 2. The number of pyridine rings is 2. The second-order valence-corrected chi connectivity index (χ2v) is 14.5. The minimum absolute atomic E-state index is 0.235. The van der Waals surface area contributed by atoms with Gasteiger partial charge in [0, 0.05) is 38.6 Å². The normalized spacial score (nSPS) is 16.6. The van der Waals surface area contributed by atoms with Crippen LogP contribution in [0.1, 0.15) is 45.2 Å². The molecule has 8 rings (SSSR count). The lowest BCUT2D eigenvalue weighted by atomic mass is 9.73. The van der Waals surface area contributed by atoms with E-state index in [1.165, 1.54) is 16.3 Å². The van der Waals surface area contributed by atoms with E-state index in [0.29, 0.717) is 11.5 Å². The Bertz CT molecular complexity index is 2820. The van der Waals surface area contributed by atoms with Crippen molar-refractivity contribution < 1.29 is 0 Å². The van der Waals surface area contributed by atoms with Gasteiger partial charge in [-0.25, -0.2) is 20.0 Å². The van der Waals surface area contributed by atoms with Crippen molar-refractivity contribution in [1.29, 1.82) is 0 Å². The average molecular weight is 725 g/mol. The van der Waals surface area contributed by atoms with E-state index in [1.54, 1.807) is 0 Å². The Morgan fingerprint density at radius 3 is 1.98 bits per heavy atom. The van der Waals surface area contributed by atoms with Gasteiger partial charge in [-0.3, -0.25) is 0 Å². The zero-order valence-corrected chi connectivity index (χ0v) is 32.4. The van der Waals surface area contributed by atoms with Crippen molar-refractivity contribution in [3.63, 3.8) is 0 Å². The van der Waals surface area contributed by atoms with Crippen LogP contribution in [0.3, 0.4) is 0 Å². The van der Waals surface area contributed by atoms with E-state index in [2.05, 4.69) is 129 Å². The van der Waals surface area contributed by atoms with Crippen LogP contribution in [0.15, 0.2) is 203 Å².